The summed E-state index contributed by atoms with van der Waals surface area (Å²) in [5.41, 5.74) is 0.296. The predicted molar refractivity (Wildman–Crippen MR) is 80.6 cm³/mol. The number of ether oxygens (including phenoxy) is 2. The zero-order chi connectivity index (χ0) is 16.4. The summed E-state index contributed by atoms with van der Waals surface area (Å²) in [7, 11) is 1.61. The monoisotopic (exact) mass is 323 g/mol. The molecule has 1 spiro atoms. The van der Waals surface area contributed by atoms with Crippen LogP contribution in [-0.4, -0.2) is 30.6 Å². The molecule has 6 atom stereocenters. The average molecular weight is 323 g/mol. The van der Waals surface area contributed by atoms with Crippen molar-refractivity contribution in [1.82, 2.24) is 5.32 Å². The molecule has 0 aromatic rings. The van der Waals surface area contributed by atoms with Gasteiger partial charge in [0.15, 0.2) is 11.4 Å². The van der Waals surface area contributed by atoms with Crippen LogP contribution in [0, 0.1) is 17.8 Å². The van der Waals surface area contributed by atoms with Crippen LogP contribution >= 0.6 is 0 Å². The Kier molecular flexibility index (Phi) is 3.31. The van der Waals surface area contributed by atoms with Crippen LogP contribution in [0.25, 0.3) is 0 Å². The minimum absolute atomic E-state index is 0.0809. The number of carbonyl (C=O) groups excluding carboxylic acids is 1. The lowest BCUT2D eigenvalue weighted by molar-refractivity contribution is -0.555. The van der Waals surface area contributed by atoms with Gasteiger partial charge in [-0.25, -0.2) is 9.78 Å². The fourth-order valence-electron chi connectivity index (χ4n) is 4.96. The van der Waals surface area contributed by atoms with Crippen molar-refractivity contribution in [3.8, 4) is 0 Å². The first-order valence-corrected chi connectivity index (χ1v) is 8.55. The smallest absolute Gasteiger partial charge is 0.286 e. The van der Waals surface area contributed by atoms with Gasteiger partial charge in [-0.3, -0.25) is 4.79 Å². The predicted octanol–water partition coefficient (Wildman–Crippen LogP) is 2.25. The lowest BCUT2D eigenvalue weighted by atomic mass is 9.59. The van der Waals surface area contributed by atoms with Gasteiger partial charge in [-0.1, -0.05) is 6.92 Å². The molecule has 23 heavy (non-hydrogen) atoms. The first kappa shape index (κ1) is 15.4. The van der Waals surface area contributed by atoms with E-state index in [0.29, 0.717) is 17.6 Å². The van der Waals surface area contributed by atoms with E-state index in [1.54, 1.807) is 7.05 Å². The van der Waals surface area contributed by atoms with E-state index in [9.17, 15) is 4.79 Å². The van der Waals surface area contributed by atoms with Crippen molar-refractivity contribution < 1.29 is 24.0 Å². The summed E-state index contributed by atoms with van der Waals surface area (Å²) in [6.07, 6.45) is 3.22. The number of likely N-dealkylation sites (N-methyl/N-ethyl adjacent to an activating group) is 1. The van der Waals surface area contributed by atoms with E-state index in [2.05, 4.69) is 12.2 Å². The number of fused-ring (bicyclic) bond motifs is 2. The van der Waals surface area contributed by atoms with Gasteiger partial charge in [-0.15, -0.1) is 0 Å². The Balaban J connectivity index is 1.85. The van der Waals surface area contributed by atoms with Gasteiger partial charge in [0.25, 0.3) is 5.91 Å². The van der Waals surface area contributed by atoms with Crippen molar-refractivity contribution in [2.45, 2.75) is 64.1 Å². The second-order valence-electron chi connectivity index (χ2n) is 7.57. The number of amides is 1. The molecule has 4 fully saturated rings. The Morgan fingerprint density at radius 2 is 2.04 bits per heavy atom. The molecule has 1 saturated carbocycles. The van der Waals surface area contributed by atoms with Crippen molar-refractivity contribution in [1.29, 1.82) is 0 Å². The molecule has 0 aromatic heterocycles. The standard InChI is InChI=1S/C17H25NO5/c1-9-5-6-12-10(2)13(14(19)18-4)20-15-17(12)11(9)7-8-16(3,21-15)22-23-17/h9,11-12,15H,5-8H2,1-4H3,(H,18,19)/t9-,11+,12+,15-,16-,17-/m1/s1. The number of rotatable bonds is 1. The Labute approximate surface area is 136 Å². The highest BCUT2D eigenvalue weighted by atomic mass is 17.3. The molecule has 2 bridgehead atoms. The molecule has 128 valence electrons. The number of hydrogen-bond acceptors (Lipinski definition) is 5. The van der Waals surface area contributed by atoms with Gasteiger partial charge in [-0.05, 0) is 44.6 Å². The highest BCUT2D eigenvalue weighted by molar-refractivity contribution is 5.92. The molecule has 4 heterocycles. The Morgan fingerprint density at radius 1 is 1.26 bits per heavy atom. The highest BCUT2D eigenvalue weighted by Gasteiger charge is 2.68. The summed E-state index contributed by atoms with van der Waals surface area (Å²) in [6.45, 7) is 6.12. The summed E-state index contributed by atoms with van der Waals surface area (Å²) in [5.74, 6) is 0.258. The van der Waals surface area contributed by atoms with Crippen LogP contribution in [0.1, 0.15) is 46.5 Å². The first-order chi connectivity index (χ1) is 10.9. The summed E-state index contributed by atoms with van der Waals surface area (Å²) in [4.78, 5) is 24.0. The molecule has 6 heteroatoms. The normalized spacial score (nSPS) is 48.3. The molecule has 5 aliphatic rings. The number of nitrogens with one attached hydrogen (secondary N) is 1. The Hall–Kier alpha value is -1.11. The molecule has 5 rings (SSSR count). The molecule has 0 radical (unpaired) electrons. The van der Waals surface area contributed by atoms with Crippen LogP contribution in [0.3, 0.4) is 0 Å². The van der Waals surface area contributed by atoms with Crippen LogP contribution in [0.15, 0.2) is 11.3 Å². The molecule has 4 aliphatic heterocycles. The highest BCUT2D eigenvalue weighted by Crippen LogP contribution is 2.60. The molecular weight excluding hydrogens is 298 g/mol. The van der Waals surface area contributed by atoms with Crippen molar-refractivity contribution in [3.05, 3.63) is 11.3 Å². The van der Waals surface area contributed by atoms with E-state index >= 15 is 0 Å². The SMILES string of the molecule is CNC(=O)C1=C(C)[C@@H]2CC[C@@H](C)[C@@H]3CC[C@@]4(C)OO[C@@]23[C@H](O1)O4. The van der Waals surface area contributed by atoms with E-state index in [1.807, 2.05) is 13.8 Å². The van der Waals surface area contributed by atoms with E-state index in [1.165, 1.54) is 0 Å². The van der Waals surface area contributed by atoms with Gasteiger partial charge in [0.1, 0.15) is 0 Å². The van der Waals surface area contributed by atoms with E-state index in [0.717, 1.165) is 31.3 Å². The van der Waals surface area contributed by atoms with Gasteiger partial charge in [-0.2, -0.15) is 0 Å². The van der Waals surface area contributed by atoms with Gasteiger partial charge < -0.3 is 14.8 Å². The Bertz CT molecular complexity index is 575. The second-order valence-corrected chi connectivity index (χ2v) is 7.57. The van der Waals surface area contributed by atoms with E-state index in [-0.39, 0.29) is 11.8 Å². The maximum Gasteiger partial charge on any atom is 0.286 e. The minimum Gasteiger partial charge on any atom is -0.456 e. The van der Waals surface area contributed by atoms with Crippen LogP contribution < -0.4 is 5.32 Å². The van der Waals surface area contributed by atoms with Crippen LogP contribution in [-0.2, 0) is 24.0 Å². The molecule has 0 aromatic carbocycles. The number of hydrogen-bond donors (Lipinski definition) is 1. The maximum atomic E-state index is 12.2. The lowest BCUT2D eigenvalue weighted by Gasteiger charge is -2.57. The molecular formula is C17H25NO5. The van der Waals surface area contributed by atoms with Crippen molar-refractivity contribution in [2.24, 2.45) is 17.8 Å². The fourth-order valence-corrected chi connectivity index (χ4v) is 4.96. The fraction of sp³-hybridized carbons (Fsp3) is 0.824. The van der Waals surface area contributed by atoms with Gasteiger partial charge in [0.2, 0.25) is 12.1 Å². The van der Waals surface area contributed by atoms with Crippen LogP contribution in [0.5, 0.6) is 0 Å². The van der Waals surface area contributed by atoms with Gasteiger partial charge in [0, 0.05) is 25.3 Å². The molecule has 3 saturated heterocycles. The summed E-state index contributed by atoms with van der Waals surface area (Å²) in [5, 5.41) is 2.66. The zero-order valence-corrected chi connectivity index (χ0v) is 14.2. The molecule has 1 N–H and O–H groups in total. The molecule has 1 aliphatic carbocycles. The minimum atomic E-state index is -0.809. The largest absolute Gasteiger partial charge is 0.456 e. The quantitative estimate of drug-likeness (QED) is 0.750. The second kappa shape index (κ2) is 4.94. The van der Waals surface area contributed by atoms with E-state index in [4.69, 9.17) is 19.2 Å². The molecule has 6 nitrogen and oxygen atoms in total. The first-order valence-electron chi connectivity index (χ1n) is 8.55. The lowest BCUT2D eigenvalue weighted by Crippen LogP contribution is -2.67. The zero-order valence-electron chi connectivity index (χ0n) is 14.2. The topological polar surface area (TPSA) is 66.0 Å². The van der Waals surface area contributed by atoms with Crippen molar-refractivity contribution in [2.75, 3.05) is 7.05 Å². The van der Waals surface area contributed by atoms with Gasteiger partial charge in [0.05, 0.1) is 0 Å². The Morgan fingerprint density at radius 3 is 2.78 bits per heavy atom. The average Bonchev–Trinajstić information content (AvgIpc) is 2.76. The summed E-state index contributed by atoms with van der Waals surface area (Å²) in [6, 6.07) is 0. The van der Waals surface area contributed by atoms with Gasteiger partial charge >= 0.3 is 0 Å². The van der Waals surface area contributed by atoms with Crippen LogP contribution in [0.4, 0.5) is 0 Å². The summed E-state index contributed by atoms with van der Waals surface area (Å²) >= 11 is 0. The third-order valence-corrected chi connectivity index (χ3v) is 6.26. The summed E-state index contributed by atoms with van der Waals surface area (Å²) < 4.78 is 12.2. The third-order valence-electron chi connectivity index (χ3n) is 6.26. The number of carbonyl (C=O) groups is 1. The maximum absolute atomic E-state index is 12.2. The molecule has 1 amide bonds. The van der Waals surface area contributed by atoms with Crippen molar-refractivity contribution in [3.63, 3.8) is 0 Å². The third kappa shape index (κ3) is 1.95. The van der Waals surface area contributed by atoms with E-state index < -0.39 is 17.7 Å². The van der Waals surface area contributed by atoms with Crippen molar-refractivity contribution >= 4 is 5.91 Å². The molecule has 0 unspecified atom stereocenters. The van der Waals surface area contributed by atoms with Crippen LogP contribution in [0.2, 0.25) is 0 Å².